The number of morpholine rings is 1. The minimum Gasteiger partial charge on any atom is -0.497 e. The van der Waals surface area contributed by atoms with Crippen LogP contribution in [0.4, 0.5) is 0 Å². The van der Waals surface area contributed by atoms with Crippen LogP contribution in [0.25, 0.3) is 0 Å². The second-order valence-corrected chi connectivity index (χ2v) is 6.15. The molecule has 1 aromatic heterocycles. The molecule has 0 spiro atoms. The molecule has 8 heteroatoms. The van der Waals surface area contributed by atoms with Crippen LogP contribution >= 0.6 is 0 Å². The number of benzene rings is 1. The predicted octanol–water partition coefficient (Wildman–Crippen LogP) is 0.866. The number of nitrogens with zero attached hydrogens (tertiary/aromatic N) is 4. The van der Waals surface area contributed by atoms with Crippen molar-refractivity contribution in [3.63, 3.8) is 0 Å². The maximum atomic E-state index is 12.2. The number of carbonyl (C=O) groups is 1. The Bertz CT molecular complexity index is 669. The van der Waals surface area contributed by atoms with Gasteiger partial charge in [-0.1, -0.05) is 12.1 Å². The van der Waals surface area contributed by atoms with E-state index < -0.39 is 0 Å². The molecular formula is C18H25N5O3. The highest BCUT2D eigenvalue weighted by atomic mass is 16.5. The van der Waals surface area contributed by atoms with Crippen molar-refractivity contribution in [3.05, 3.63) is 42.5 Å². The van der Waals surface area contributed by atoms with E-state index in [9.17, 15) is 4.79 Å². The van der Waals surface area contributed by atoms with Crippen LogP contribution < -0.4 is 10.1 Å². The van der Waals surface area contributed by atoms with Crippen LogP contribution in [0.15, 0.2) is 36.9 Å². The summed E-state index contributed by atoms with van der Waals surface area (Å²) in [7, 11) is 1.66. The highest BCUT2D eigenvalue weighted by Crippen LogP contribution is 2.23. The molecule has 3 rings (SSSR count). The number of methoxy groups -OCH3 is 1. The first-order chi connectivity index (χ1) is 12.8. The average molecular weight is 359 g/mol. The van der Waals surface area contributed by atoms with Gasteiger partial charge in [-0.3, -0.25) is 14.4 Å². The lowest BCUT2D eigenvalue weighted by Crippen LogP contribution is -2.43. The van der Waals surface area contributed by atoms with Crippen molar-refractivity contribution < 1.29 is 14.3 Å². The number of amides is 1. The predicted molar refractivity (Wildman–Crippen MR) is 95.8 cm³/mol. The molecule has 1 saturated heterocycles. The van der Waals surface area contributed by atoms with Crippen LogP contribution in [0.3, 0.4) is 0 Å². The van der Waals surface area contributed by atoms with Crippen molar-refractivity contribution in [2.75, 3.05) is 40.0 Å². The zero-order valence-corrected chi connectivity index (χ0v) is 15.0. The zero-order valence-electron chi connectivity index (χ0n) is 15.0. The van der Waals surface area contributed by atoms with E-state index in [-0.39, 0.29) is 11.9 Å². The van der Waals surface area contributed by atoms with Crippen molar-refractivity contribution in [3.8, 4) is 5.75 Å². The van der Waals surface area contributed by atoms with Gasteiger partial charge >= 0.3 is 0 Å². The third-order valence-electron chi connectivity index (χ3n) is 4.51. The molecule has 0 saturated carbocycles. The Morgan fingerprint density at radius 3 is 2.73 bits per heavy atom. The van der Waals surface area contributed by atoms with Crippen LogP contribution in [0.1, 0.15) is 18.0 Å². The smallest absolute Gasteiger partial charge is 0.221 e. The molecule has 140 valence electrons. The van der Waals surface area contributed by atoms with Crippen LogP contribution in [0.5, 0.6) is 5.75 Å². The normalized spacial score (nSPS) is 16.2. The van der Waals surface area contributed by atoms with Gasteiger partial charge in [0.05, 0.1) is 32.9 Å². The maximum Gasteiger partial charge on any atom is 0.221 e. The van der Waals surface area contributed by atoms with Crippen molar-refractivity contribution in [2.45, 2.75) is 19.0 Å². The fourth-order valence-corrected chi connectivity index (χ4v) is 3.04. The molecule has 1 amide bonds. The Morgan fingerprint density at radius 2 is 2.08 bits per heavy atom. The summed E-state index contributed by atoms with van der Waals surface area (Å²) in [5.74, 6) is 0.832. The number of hydrogen-bond donors (Lipinski definition) is 1. The minimum absolute atomic E-state index is 0.00673. The Labute approximate surface area is 153 Å². The van der Waals surface area contributed by atoms with Gasteiger partial charge in [-0.05, 0) is 17.7 Å². The van der Waals surface area contributed by atoms with Crippen LogP contribution in [0, 0.1) is 0 Å². The quantitative estimate of drug-likeness (QED) is 0.753. The van der Waals surface area contributed by atoms with Crippen molar-refractivity contribution in [2.24, 2.45) is 0 Å². The van der Waals surface area contributed by atoms with Crippen LogP contribution in [0.2, 0.25) is 0 Å². The Hall–Kier alpha value is -2.45. The van der Waals surface area contributed by atoms with Gasteiger partial charge in [0.2, 0.25) is 5.91 Å². The number of carbonyl (C=O) groups excluding carboxylic acids is 1. The second kappa shape index (κ2) is 9.30. The van der Waals surface area contributed by atoms with Crippen molar-refractivity contribution in [1.82, 2.24) is 25.0 Å². The summed E-state index contributed by atoms with van der Waals surface area (Å²) in [6.07, 6.45) is 3.46. The lowest BCUT2D eigenvalue weighted by atomic mass is 10.0. The zero-order chi connectivity index (χ0) is 18.2. The monoisotopic (exact) mass is 359 g/mol. The summed E-state index contributed by atoms with van der Waals surface area (Å²) in [5.41, 5.74) is 1.16. The highest BCUT2D eigenvalue weighted by molar-refractivity contribution is 5.75. The molecule has 0 radical (unpaired) electrons. The van der Waals surface area contributed by atoms with E-state index in [0.29, 0.717) is 32.7 Å². The minimum atomic E-state index is 0.00673. The van der Waals surface area contributed by atoms with Gasteiger partial charge in [0.1, 0.15) is 18.4 Å². The topological polar surface area (TPSA) is 81.5 Å². The lowest BCUT2D eigenvalue weighted by molar-refractivity contribution is -0.121. The number of nitrogens with one attached hydrogen (secondary N) is 1. The molecular weight excluding hydrogens is 334 g/mol. The third-order valence-corrected chi connectivity index (χ3v) is 4.51. The van der Waals surface area contributed by atoms with Gasteiger partial charge in [-0.15, -0.1) is 0 Å². The molecule has 1 aromatic carbocycles. The van der Waals surface area contributed by atoms with Crippen molar-refractivity contribution >= 4 is 5.91 Å². The van der Waals surface area contributed by atoms with Crippen molar-refractivity contribution in [1.29, 1.82) is 0 Å². The molecule has 1 aliphatic heterocycles. The highest BCUT2D eigenvalue weighted by Gasteiger charge is 2.23. The summed E-state index contributed by atoms with van der Waals surface area (Å²) in [6.45, 7) is 4.22. The fraction of sp³-hybridized carbons (Fsp3) is 0.500. The van der Waals surface area contributed by atoms with Gasteiger partial charge in [-0.2, -0.15) is 5.10 Å². The molecule has 2 aromatic rings. The number of aromatic nitrogens is 3. The first-order valence-corrected chi connectivity index (χ1v) is 8.81. The Morgan fingerprint density at radius 1 is 1.31 bits per heavy atom. The summed E-state index contributed by atoms with van der Waals surface area (Å²) in [4.78, 5) is 18.5. The van der Waals surface area contributed by atoms with Gasteiger partial charge < -0.3 is 14.8 Å². The first kappa shape index (κ1) is 18.3. The van der Waals surface area contributed by atoms with Crippen LogP contribution in [-0.2, 0) is 16.1 Å². The average Bonchev–Trinajstić information content (AvgIpc) is 3.21. The lowest BCUT2D eigenvalue weighted by Gasteiger charge is -2.35. The molecule has 8 nitrogen and oxygen atoms in total. The number of ether oxygens (including phenoxy) is 2. The first-order valence-electron chi connectivity index (χ1n) is 8.81. The molecule has 1 unspecified atom stereocenters. The maximum absolute atomic E-state index is 12.2. The van der Waals surface area contributed by atoms with E-state index in [4.69, 9.17) is 9.47 Å². The molecule has 0 aliphatic carbocycles. The van der Waals surface area contributed by atoms with E-state index in [1.165, 1.54) is 6.33 Å². The number of rotatable bonds is 8. The Kier molecular flexibility index (Phi) is 6.56. The van der Waals surface area contributed by atoms with Gasteiger partial charge in [0, 0.05) is 26.1 Å². The molecule has 1 aliphatic rings. The second-order valence-electron chi connectivity index (χ2n) is 6.15. The fourth-order valence-electron chi connectivity index (χ4n) is 3.04. The molecule has 0 bridgehead atoms. The molecule has 26 heavy (non-hydrogen) atoms. The van der Waals surface area contributed by atoms with E-state index in [2.05, 4.69) is 32.4 Å². The Balaban J connectivity index is 1.59. The molecule has 1 fully saturated rings. The molecule has 1 atom stereocenters. The van der Waals surface area contributed by atoms with E-state index in [0.717, 1.165) is 24.4 Å². The van der Waals surface area contributed by atoms with Gasteiger partial charge in [0.25, 0.3) is 0 Å². The van der Waals surface area contributed by atoms with Gasteiger partial charge in [-0.25, -0.2) is 4.98 Å². The van der Waals surface area contributed by atoms with Gasteiger partial charge in [0.15, 0.2) is 0 Å². The third kappa shape index (κ3) is 5.03. The largest absolute Gasteiger partial charge is 0.497 e. The van der Waals surface area contributed by atoms with E-state index >= 15 is 0 Å². The van der Waals surface area contributed by atoms with E-state index in [1.54, 1.807) is 18.1 Å². The molecule has 2 heterocycles. The number of hydrogen-bond acceptors (Lipinski definition) is 6. The van der Waals surface area contributed by atoms with Crippen LogP contribution in [-0.4, -0.2) is 65.5 Å². The standard InChI is InChI=1S/C18H25N5O3/c1-25-16-4-2-15(3-5-16)17(22-8-10-26-11-9-22)12-20-18(24)6-7-23-14-19-13-21-23/h2-5,13-14,17H,6-12H2,1H3,(H,20,24). The SMILES string of the molecule is COc1ccc(C(CNC(=O)CCn2cncn2)N2CCOCC2)cc1. The number of aryl methyl sites for hydroxylation is 1. The summed E-state index contributed by atoms with van der Waals surface area (Å²) >= 11 is 0. The summed E-state index contributed by atoms with van der Waals surface area (Å²) in [6, 6.07) is 8.13. The summed E-state index contributed by atoms with van der Waals surface area (Å²) in [5, 5.41) is 7.07. The summed E-state index contributed by atoms with van der Waals surface area (Å²) < 4.78 is 12.4. The molecule has 1 N–H and O–H groups in total. The van der Waals surface area contributed by atoms with E-state index in [1.807, 2.05) is 12.1 Å².